The molecule has 1 fully saturated rings. The maximum Gasteiger partial charge on any atom is 0.146 e. The molecule has 6 heteroatoms. The van der Waals surface area contributed by atoms with Crippen LogP contribution in [0.1, 0.15) is 25.0 Å². The molecule has 1 N–H and O–H groups in total. The molecule has 1 saturated heterocycles. The number of nitrogens with zero attached hydrogens (tertiary/aromatic N) is 1. The van der Waals surface area contributed by atoms with Crippen LogP contribution in [0.25, 0.3) is 0 Å². The summed E-state index contributed by atoms with van der Waals surface area (Å²) in [6, 6.07) is 2.42. The molecule has 0 radical (unpaired) electrons. The molecule has 0 bridgehead atoms. The second kappa shape index (κ2) is 6.93. The molecule has 1 heterocycles. The minimum atomic E-state index is -1.31. The first-order valence-corrected chi connectivity index (χ1v) is 7.49. The standard InChI is InChI=1S/C14H18BrF2NO2/c1-2-5-18-6-7-20-11(8-18)14(19)12-10(16)4-3-9(15)13(12)17/h3-4,11,14,19H,2,5-8H2,1H3. The molecule has 1 aliphatic rings. The van der Waals surface area contributed by atoms with E-state index in [2.05, 4.69) is 27.8 Å². The van der Waals surface area contributed by atoms with E-state index in [9.17, 15) is 13.9 Å². The Hall–Kier alpha value is -0.560. The fraction of sp³-hybridized carbons (Fsp3) is 0.571. The van der Waals surface area contributed by atoms with E-state index in [1.165, 1.54) is 6.07 Å². The van der Waals surface area contributed by atoms with Gasteiger partial charge in [-0.15, -0.1) is 0 Å². The number of aliphatic hydroxyl groups excluding tert-OH is 1. The maximum absolute atomic E-state index is 14.0. The Balaban J connectivity index is 2.18. The number of hydrogen-bond donors (Lipinski definition) is 1. The van der Waals surface area contributed by atoms with Crippen molar-refractivity contribution in [1.29, 1.82) is 0 Å². The van der Waals surface area contributed by atoms with Crippen molar-refractivity contribution in [2.45, 2.75) is 25.6 Å². The Morgan fingerprint density at radius 3 is 2.95 bits per heavy atom. The number of halogens is 3. The van der Waals surface area contributed by atoms with Gasteiger partial charge in [-0.1, -0.05) is 6.92 Å². The van der Waals surface area contributed by atoms with Gasteiger partial charge in [0.1, 0.15) is 23.8 Å². The first-order chi connectivity index (χ1) is 9.54. The summed E-state index contributed by atoms with van der Waals surface area (Å²) in [5, 5.41) is 10.3. The number of benzene rings is 1. The number of aliphatic hydroxyl groups is 1. The summed E-state index contributed by atoms with van der Waals surface area (Å²) in [6.45, 7) is 4.66. The van der Waals surface area contributed by atoms with E-state index in [1.54, 1.807) is 0 Å². The van der Waals surface area contributed by atoms with Crippen molar-refractivity contribution in [2.24, 2.45) is 0 Å². The van der Waals surface area contributed by atoms with Crippen LogP contribution >= 0.6 is 15.9 Å². The number of morpholine rings is 1. The van der Waals surface area contributed by atoms with Crippen LogP contribution < -0.4 is 0 Å². The highest BCUT2D eigenvalue weighted by Crippen LogP contribution is 2.30. The smallest absolute Gasteiger partial charge is 0.146 e. The molecule has 1 aromatic rings. The third-order valence-electron chi connectivity index (χ3n) is 3.44. The summed E-state index contributed by atoms with van der Waals surface area (Å²) in [4.78, 5) is 2.13. The van der Waals surface area contributed by atoms with E-state index in [1.807, 2.05) is 0 Å². The highest BCUT2D eigenvalue weighted by Gasteiger charge is 2.31. The van der Waals surface area contributed by atoms with E-state index < -0.39 is 23.8 Å². The second-order valence-electron chi connectivity index (χ2n) is 4.91. The van der Waals surface area contributed by atoms with Gasteiger partial charge in [0.05, 0.1) is 16.6 Å². The van der Waals surface area contributed by atoms with Gasteiger partial charge < -0.3 is 9.84 Å². The predicted octanol–water partition coefficient (Wildman–Crippen LogP) is 2.87. The Bertz CT molecular complexity index is 471. The van der Waals surface area contributed by atoms with Crippen molar-refractivity contribution >= 4 is 15.9 Å². The fourth-order valence-electron chi connectivity index (χ4n) is 2.44. The topological polar surface area (TPSA) is 32.7 Å². The van der Waals surface area contributed by atoms with Crippen molar-refractivity contribution in [3.8, 4) is 0 Å². The van der Waals surface area contributed by atoms with E-state index in [0.717, 1.165) is 25.6 Å². The van der Waals surface area contributed by atoms with Crippen LogP contribution in [0.2, 0.25) is 0 Å². The van der Waals surface area contributed by atoms with Crippen molar-refractivity contribution in [3.05, 3.63) is 33.8 Å². The van der Waals surface area contributed by atoms with Crippen molar-refractivity contribution in [2.75, 3.05) is 26.2 Å². The van der Waals surface area contributed by atoms with Crippen LogP contribution in [0.15, 0.2) is 16.6 Å². The van der Waals surface area contributed by atoms with Crippen molar-refractivity contribution in [3.63, 3.8) is 0 Å². The highest BCUT2D eigenvalue weighted by atomic mass is 79.9. The fourth-order valence-corrected chi connectivity index (χ4v) is 2.79. The monoisotopic (exact) mass is 349 g/mol. The lowest BCUT2D eigenvalue weighted by Gasteiger charge is -2.35. The highest BCUT2D eigenvalue weighted by molar-refractivity contribution is 9.10. The maximum atomic E-state index is 14.0. The first-order valence-electron chi connectivity index (χ1n) is 6.70. The molecule has 0 spiro atoms. The van der Waals surface area contributed by atoms with Crippen LogP contribution in [0, 0.1) is 11.6 Å². The molecular formula is C14H18BrF2NO2. The van der Waals surface area contributed by atoms with Gasteiger partial charge in [0.2, 0.25) is 0 Å². The van der Waals surface area contributed by atoms with Gasteiger partial charge in [-0.3, -0.25) is 4.90 Å². The zero-order chi connectivity index (χ0) is 14.7. The summed E-state index contributed by atoms with van der Waals surface area (Å²) in [7, 11) is 0. The summed E-state index contributed by atoms with van der Waals surface area (Å²) < 4.78 is 33.4. The third-order valence-corrected chi connectivity index (χ3v) is 4.06. The minimum Gasteiger partial charge on any atom is -0.385 e. The zero-order valence-corrected chi connectivity index (χ0v) is 12.9. The number of hydrogen-bond acceptors (Lipinski definition) is 3. The molecule has 0 aromatic heterocycles. The van der Waals surface area contributed by atoms with Crippen LogP contribution in [-0.2, 0) is 4.74 Å². The van der Waals surface area contributed by atoms with E-state index in [0.29, 0.717) is 13.2 Å². The Kier molecular flexibility index (Phi) is 5.49. The Morgan fingerprint density at radius 2 is 2.25 bits per heavy atom. The van der Waals surface area contributed by atoms with Crippen LogP contribution in [0.4, 0.5) is 8.78 Å². The lowest BCUT2D eigenvalue weighted by molar-refractivity contribution is -0.0916. The molecule has 3 nitrogen and oxygen atoms in total. The average Bonchev–Trinajstić information content (AvgIpc) is 2.44. The average molecular weight is 350 g/mol. The zero-order valence-electron chi connectivity index (χ0n) is 11.3. The summed E-state index contributed by atoms with van der Waals surface area (Å²) >= 11 is 3.01. The molecule has 2 unspecified atom stereocenters. The molecule has 0 saturated carbocycles. The molecule has 1 aromatic carbocycles. The molecular weight excluding hydrogens is 332 g/mol. The normalized spacial score (nSPS) is 21.9. The lowest BCUT2D eigenvalue weighted by Crippen LogP contribution is -2.45. The minimum absolute atomic E-state index is 0.133. The molecule has 2 rings (SSSR count). The van der Waals surface area contributed by atoms with Crippen molar-refractivity contribution < 1.29 is 18.6 Å². The summed E-state index contributed by atoms with van der Waals surface area (Å²) in [5.74, 6) is -1.52. The molecule has 112 valence electrons. The van der Waals surface area contributed by atoms with Crippen LogP contribution in [0.3, 0.4) is 0 Å². The number of rotatable bonds is 4. The van der Waals surface area contributed by atoms with Crippen molar-refractivity contribution in [1.82, 2.24) is 4.90 Å². The lowest BCUT2D eigenvalue weighted by atomic mass is 10.0. The van der Waals surface area contributed by atoms with E-state index in [4.69, 9.17) is 4.74 Å². The molecule has 1 aliphatic heterocycles. The Labute approximate surface area is 125 Å². The van der Waals surface area contributed by atoms with Gasteiger partial charge in [0.25, 0.3) is 0 Å². The van der Waals surface area contributed by atoms with Gasteiger partial charge in [-0.05, 0) is 41.0 Å². The molecule has 0 amide bonds. The van der Waals surface area contributed by atoms with E-state index in [-0.39, 0.29) is 10.0 Å². The number of ether oxygens (including phenoxy) is 1. The SMILES string of the molecule is CCCN1CCOC(C(O)c2c(F)ccc(Br)c2F)C1. The quantitative estimate of drug-likeness (QED) is 0.848. The third kappa shape index (κ3) is 3.36. The Morgan fingerprint density at radius 1 is 1.50 bits per heavy atom. The molecule has 2 atom stereocenters. The second-order valence-corrected chi connectivity index (χ2v) is 5.77. The summed E-state index contributed by atoms with van der Waals surface area (Å²) in [6.07, 6.45) is -0.941. The largest absolute Gasteiger partial charge is 0.385 e. The summed E-state index contributed by atoms with van der Waals surface area (Å²) in [5.41, 5.74) is -0.331. The van der Waals surface area contributed by atoms with Gasteiger partial charge in [0, 0.05) is 13.1 Å². The van der Waals surface area contributed by atoms with E-state index >= 15 is 0 Å². The first kappa shape index (κ1) is 15.8. The van der Waals surface area contributed by atoms with Gasteiger partial charge >= 0.3 is 0 Å². The van der Waals surface area contributed by atoms with Gasteiger partial charge in [-0.25, -0.2) is 8.78 Å². The molecule has 0 aliphatic carbocycles. The van der Waals surface area contributed by atoms with Gasteiger partial charge in [-0.2, -0.15) is 0 Å². The van der Waals surface area contributed by atoms with Crippen LogP contribution in [-0.4, -0.2) is 42.4 Å². The van der Waals surface area contributed by atoms with Crippen LogP contribution in [0.5, 0.6) is 0 Å². The predicted molar refractivity (Wildman–Crippen MR) is 75.5 cm³/mol. The van der Waals surface area contributed by atoms with Gasteiger partial charge in [0.15, 0.2) is 0 Å². The molecule has 20 heavy (non-hydrogen) atoms.